The summed E-state index contributed by atoms with van der Waals surface area (Å²) in [6.07, 6.45) is 4.17. The predicted octanol–water partition coefficient (Wildman–Crippen LogP) is 2.69. The minimum absolute atomic E-state index is 0.172. The Balaban J connectivity index is 2.01. The van der Waals surface area contributed by atoms with Crippen molar-refractivity contribution in [2.45, 2.75) is 32.9 Å². The molecule has 0 fully saturated rings. The van der Waals surface area contributed by atoms with Crippen LogP contribution in [0.2, 0.25) is 0 Å². The number of carbonyl (C=O) groups excluding carboxylic acids is 1. The minimum atomic E-state index is -0.308. The molecular weight excluding hydrogens is 316 g/mol. The molecule has 6 nitrogen and oxygen atoms in total. The van der Waals surface area contributed by atoms with Crippen LogP contribution in [0.1, 0.15) is 42.4 Å². The van der Waals surface area contributed by atoms with Gasteiger partial charge in [0.15, 0.2) is 5.69 Å². The number of fused-ring (bicyclic) bond motifs is 1. The van der Waals surface area contributed by atoms with E-state index in [-0.39, 0.29) is 23.2 Å². The van der Waals surface area contributed by atoms with Crippen LogP contribution in [0.5, 0.6) is 0 Å². The fourth-order valence-electron chi connectivity index (χ4n) is 2.75. The first-order valence-corrected chi connectivity index (χ1v) is 8.32. The maximum Gasteiger partial charge on any atom is 0.274 e. The van der Waals surface area contributed by atoms with E-state index in [1.807, 2.05) is 26.0 Å². The largest absolute Gasteiger partial charge is 0.344 e. The summed E-state index contributed by atoms with van der Waals surface area (Å²) in [6.45, 7) is 4.33. The molecule has 0 aliphatic carbocycles. The number of pyridine rings is 1. The van der Waals surface area contributed by atoms with Crippen molar-refractivity contribution in [3.63, 3.8) is 0 Å². The number of nitrogens with one attached hydrogen (secondary N) is 1. The molecular formula is C19H20N4O2. The highest BCUT2D eigenvalue weighted by Crippen LogP contribution is 2.16. The van der Waals surface area contributed by atoms with Gasteiger partial charge >= 0.3 is 0 Å². The third-order valence-electron chi connectivity index (χ3n) is 4.05. The second-order valence-electron chi connectivity index (χ2n) is 5.90. The van der Waals surface area contributed by atoms with Crippen LogP contribution in [-0.4, -0.2) is 20.7 Å². The summed E-state index contributed by atoms with van der Waals surface area (Å²) < 4.78 is 1.37. The number of aromatic nitrogens is 3. The number of amides is 1. The van der Waals surface area contributed by atoms with Crippen LogP contribution in [-0.2, 0) is 6.54 Å². The molecule has 0 saturated heterocycles. The van der Waals surface area contributed by atoms with Gasteiger partial charge in [-0.3, -0.25) is 14.6 Å². The van der Waals surface area contributed by atoms with Crippen molar-refractivity contribution in [3.05, 3.63) is 70.4 Å². The van der Waals surface area contributed by atoms with Crippen LogP contribution in [0, 0.1) is 0 Å². The van der Waals surface area contributed by atoms with Crippen molar-refractivity contribution in [2.75, 3.05) is 0 Å². The molecule has 0 unspecified atom stereocenters. The number of rotatable bonds is 5. The van der Waals surface area contributed by atoms with Crippen molar-refractivity contribution >= 4 is 16.7 Å². The van der Waals surface area contributed by atoms with E-state index in [1.54, 1.807) is 36.7 Å². The van der Waals surface area contributed by atoms with E-state index in [0.717, 1.165) is 12.0 Å². The Morgan fingerprint density at radius 1 is 1.20 bits per heavy atom. The Morgan fingerprint density at radius 2 is 1.96 bits per heavy atom. The van der Waals surface area contributed by atoms with Gasteiger partial charge in [0, 0.05) is 24.3 Å². The zero-order chi connectivity index (χ0) is 17.8. The molecule has 3 rings (SSSR count). The van der Waals surface area contributed by atoms with E-state index >= 15 is 0 Å². The lowest BCUT2D eigenvalue weighted by Gasteiger charge is -2.15. The molecule has 0 saturated carbocycles. The number of benzene rings is 1. The first-order valence-electron chi connectivity index (χ1n) is 8.32. The fourth-order valence-corrected chi connectivity index (χ4v) is 2.75. The van der Waals surface area contributed by atoms with Crippen molar-refractivity contribution in [3.8, 4) is 0 Å². The van der Waals surface area contributed by atoms with Gasteiger partial charge in [-0.05, 0) is 31.0 Å². The topological polar surface area (TPSA) is 76.9 Å². The standard InChI is InChI=1S/C19H20N4O2/c1-3-11-23-19(25)16-9-5-4-8-15(16)17(22-23)18(24)21-13(2)14-7-6-10-20-12-14/h4-10,12-13H,3,11H2,1-2H3,(H,21,24)/t13-/m1/s1. The summed E-state index contributed by atoms with van der Waals surface area (Å²) in [5.74, 6) is -0.308. The quantitative estimate of drug-likeness (QED) is 0.777. The van der Waals surface area contributed by atoms with E-state index in [0.29, 0.717) is 17.3 Å². The average Bonchev–Trinajstić information content (AvgIpc) is 2.65. The summed E-state index contributed by atoms with van der Waals surface area (Å²) in [7, 11) is 0. The van der Waals surface area contributed by atoms with E-state index in [1.165, 1.54) is 4.68 Å². The zero-order valence-corrected chi connectivity index (χ0v) is 14.3. The minimum Gasteiger partial charge on any atom is -0.344 e. The second-order valence-corrected chi connectivity index (χ2v) is 5.90. The molecule has 6 heteroatoms. The molecule has 0 spiro atoms. The lowest BCUT2D eigenvalue weighted by Crippen LogP contribution is -2.32. The number of hydrogen-bond acceptors (Lipinski definition) is 4. The van der Waals surface area contributed by atoms with Crippen molar-refractivity contribution in [2.24, 2.45) is 0 Å². The van der Waals surface area contributed by atoms with Crippen LogP contribution >= 0.6 is 0 Å². The highest BCUT2D eigenvalue weighted by molar-refractivity contribution is 6.04. The molecule has 0 radical (unpaired) electrons. The number of nitrogens with zero attached hydrogens (tertiary/aromatic N) is 3. The van der Waals surface area contributed by atoms with Crippen LogP contribution < -0.4 is 10.9 Å². The van der Waals surface area contributed by atoms with Crippen LogP contribution in [0.3, 0.4) is 0 Å². The fraction of sp³-hybridized carbons (Fsp3) is 0.263. The third kappa shape index (κ3) is 3.42. The lowest BCUT2D eigenvalue weighted by atomic mass is 10.1. The molecule has 0 aliphatic heterocycles. The van der Waals surface area contributed by atoms with Crippen molar-refractivity contribution < 1.29 is 4.79 Å². The smallest absolute Gasteiger partial charge is 0.274 e. The van der Waals surface area contributed by atoms with Gasteiger partial charge in [0.25, 0.3) is 11.5 Å². The number of hydrogen-bond donors (Lipinski definition) is 1. The molecule has 1 amide bonds. The molecule has 1 aromatic carbocycles. The molecule has 3 aromatic rings. The summed E-state index contributed by atoms with van der Waals surface area (Å²) >= 11 is 0. The molecule has 1 atom stereocenters. The maximum absolute atomic E-state index is 12.8. The van der Waals surface area contributed by atoms with Crippen LogP contribution in [0.15, 0.2) is 53.6 Å². The molecule has 1 N–H and O–H groups in total. The highest BCUT2D eigenvalue weighted by Gasteiger charge is 2.18. The maximum atomic E-state index is 12.8. The average molecular weight is 336 g/mol. The van der Waals surface area contributed by atoms with Crippen molar-refractivity contribution in [1.82, 2.24) is 20.1 Å². The van der Waals surface area contributed by atoms with Crippen LogP contribution in [0.4, 0.5) is 0 Å². The summed E-state index contributed by atoms with van der Waals surface area (Å²) in [6, 6.07) is 10.6. The van der Waals surface area contributed by atoms with Gasteiger partial charge in [-0.15, -0.1) is 0 Å². The van der Waals surface area contributed by atoms with Gasteiger partial charge in [0.2, 0.25) is 0 Å². The zero-order valence-electron chi connectivity index (χ0n) is 14.3. The first kappa shape index (κ1) is 16.8. The molecule has 2 aromatic heterocycles. The van der Waals surface area contributed by atoms with E-state index < -0.39 is 0 Å². The van der Waals surface area contributed by atoms with Gasteiger partial charge in [0.05, 0.1) is 11.4 Å². The summed E-state index contributed by atoms with van der Waals surface area (Å²) in [4.78, 5) is 29.4. The Morgan fingerprint density at radius 3 is 2.64 bits per heavy atom. The van der Waals surface area contributed by atoms with E-state index in [2.05, 4.69) is 15.4 Å². The second kappa shape index (κ2) is 7.25. The lowest BCUT2D eigenvalue weighted by molar-refractivity contribution is 0.0934. The van der Waals surface area contributed by atoms with Gasteiger partial charge in [-0.1, -0.05) is 31.2 Å². The Kier molecular flexibility index (Phi) is 4.88. The Bertz CT molecular complexity index is 951. The molecule has 128 valence electrons. The molecule has 0 aliphatic rings. The van der Waals surface area contributed by atoms with Crippen LogP contribution in [0.25, 0.3) is 10.8 Å². The summed E-state index contributed by atoms with van der Waals surface area (Å²) in [5, 5.41) is 8.32. The van der Waals surface area contributed by atoms with Crippen molar-refractivity contribution in [1.29, 1.82) is 0 Å². The Labute approximate surface area is 145 Å². The predicted molar refractivity (Wildman–Crippen MR) is 96.4 cm³/mol. The highest BCUT2D eigenvalue weighted by atomic mass is 16.2. The first-order chi connectivity index (χ1) is 12.1. The number of aryl methyl sites for hydroxylation is 1. The third-order valence-corrected chi connectivity index (χ3v) is 4.05. The molecule has 2 heterocycles. The summed E-state index contributed by atoms with van der Waals surface area (Å²) in [5.41, 5.74) is 0.996. The Hall–Kier alpha value is -3.02. The normalized spacial score (nSPS) is 12.1. The van der Waals surface area contributed by atoms with Gasteiger partial charge in [-0.2, -0.15) is 5.10 Å². The number of carbonyl (C=O) groups is 1. The van der Waals surface area contributed by atoms with Gasteiger partial charge in [-0.25, -0.2) is 4.68 Å². The monoisotopic (exact) mass is 336 g/mol. The van der Waals surface area contributed by atoms with E-state index in [4.69, 9.17) is 0 Å². The van der Waals surface area contributed by atoms with E-state index in [9.17, 15) is 9.59 Å². The molecule has 25 heavy (non-hydrogen) atoms. The SMILES string of the molecule is CCCn1nc(C(=O)N[C@H](C)c2cccnc2)c2ccccc2c1=O. The van der Waals surface area contributed by atoms with Gasteiger partial charge in [0.1, 0.15) is 0 Å². The van der Waals surface area contributed by atoms with Gasteiger partial charge < -0.3 is 5.32 Å². The molecule has 0 bridgehead atoms.